The molecule has 0 aliphatic carbocycles. The summed E-state index contributed by atoms with van der Waals surface area (Å²) in [5.74, 6) is 0.193. The third kappa shape index (κ3) is 4.45. The SMILES string of the molecule is CCC(CC)CNc1ccc(S(=O)(=O)NC)cc1C(=O)NC. The van der Waals surface area contributed by atoms with Gasteiger partial charge >= 0.3 is 0 Å². The number of benzene rings is 1. The summed E-state index contributed by atoms with van der Waals surface area (Å²) in [6.45, 7) is 4.99. The Labute approximate surface area is 132 Å². The molecule has 0 atom stereocenters. The smallest absolute Gasteiger partial charge is 0.253 e. The van der Waals surface area contributed by atoms with Gasteiger partial charge in [-0.25, -0.2) is 13.1 Å². The van der Waals surface area contributed by atoms with Crippen molar-refractivity contribution >= 4 is 21.6 Å². The number of amides is 1. The Balaban J connectivity index is 3.15. The number of hydrogen-bond donors (Lipinski definition) is 3. The minimum Gasteiger partial charge on any atom is -0.384 e. The molecular weight excluding hydrogens is 302 g/mol. The third-order valence-corrected chi connectivity index (χ3v) is 5.19. The maximum atomic E-state index is 12.0. The van der Waals surface area contributed by atoms with Gasteiger partial charge in [0.05, 0.1) is 10.5 Å². The van der Waals surface area contributed by atoms with Gasteiger partial charge in [0.2, 0.25) is 10.0 Å². The van der Waals surface area contributed by atoms with E-state index in [0.29, 0.717) is 17.2 Å². The molecule has 0 bridgehead atoms. The Morgan fingerprint density at radius 3 is 2.32 bits per heavy atom. The number of nitrogens with one attached hydrogen (secondary N) is 3. The van der Waals surface area contributed by atoms with Gasteiger partial charge in [0.1, 0.15) is 0 Å². The number of anilines is 1. The minimum atomic E-state index is -3.58. The van der Waals surface area contributed by atoms with Crippen molar-refractivity contribution in [1.29, 1.82) is 0 Å². The standard InChI is InChI=1S/C15H25N3O3S/c1-5-11(6-2)10-18-14-8-7-12(22(20,21)17-4)9-13(14)15(19)16-3/h7-9,11,17-18H,5-6,10H2,1-4H3,(H,16,19). The molecule has 22 heavy (non-hydrogen) atoms. The molecule has 1 aromatic carbocycles. The lowest BCUT2D eigenvalue weighted by atomic mass is 10.0. The lowest BCUT2D eigenvalue weighted by Gasteiger charge is -2.17. The fourth-order valence-electron chi connectivity index (χ4n) is 2.12. The van der Waals surface area contributed by atoms with E-state index in [-0.39, 0.29) is 10.8 Å². The van der Waals surface area contributed by atoms with Crippen LogP contribution >= 0.6 is 0 Å². The topological polar surface area (TPSA) is 87.3 Å². The zero-order valence-corrected chi connectivity index (χ0v) is 14.4. The van der Waals surface area contributed by atoms with Crippen LogP contribution in [0.15, 0.2) is 23.1 Å². The molecule has 7 heteroatoms. The largest absolute Gasteiger partial charge is 0.384 e. The molecule has 0 aliphatic heterocycles. The van der Waals surface area contributed by atoms with Crippen LogP contribution in [0.4, 0.5) is 5.69 Å². The van der Waals surface area contributed by atoms with Gasteiger partial charge < -0.3 is 10.6 Å². The van der Waals surface area contributed by atoms with Gasteiger partial charge in [-0.3, -0.25) is 4.79 Å². The van der Waals surface area contributed by atoms with Crippen molar-refractivity contribution in [3.05, 3.63) is 23.8 Å². The second kappa shape index (κ2) is 8.14. The molecule has 1 aromatic rings. The highest BCUT2D eigenvalue weighted by atomic mass is 32.2. The van der Waals surface area contributed by atoms with Crippen molar-refractivity contribution in [3.8, 4) is 0 Å². The average Bonchev–Trinajstić information content (AvgIpc) is 2.54. The summed E-state index contributed by atoms with van der Waals surface area (Å²) in [4.78, 5) is 12.1. The highest BCUT2D eigenvalue weighted by molar-refractivity contribution is 7.89. The van der Waals surface area contributed by atoms with E-state index in [1.807, 2.05) is 0 Å². The summed E-state index contributed by atoms with van der Waals surface area (Å²) in [5.41, 5.74) is 0.964. The maximum Gasteiger partial charge on any atom is 0.253 e. The Kier molecular flexibility index (Phi) is 6.83. The first-order chi connectivity index (χ1) is 10.4. The Hall–Kier alpha value is -1.60. The molecule has 0 aliphatic rings. The number of rotatable bonds is 8. The van der Waals surface area contributed by atoms with Gasteiger partial charge in [0, 0.05) is 19.3 Å². The van der Waals surface area contributed by atoms with E-state index >= 15 is 0 Å². The molecular formula is C15H25N3O3S. The fourth-order valence-corrected chi connectivity index (χ4v) is 2.87. The van der Waals surface area contributed by atoms with E-state index in [4.69, 9.17) is 0 Å². The molecule has 0 saturated heterocycles. The molecule has 0 aromatic heterocycles. The summed E-state index contributed by atoms with van der Waals surface area (Å²) in [5, 5.41) is 5.79. The Bertz CT molecular complexity index is 610. The molecule has 1 amide bonds. The van der Waals surface area contributed by atoms with Crippen LogP contribution in [-0.4, -0.2) is 35.0 Å². The average molecular weight is 327 g/mol. The summed E-state index contributed by atoms with van der Waals surface area (Å²) in [6, 6.07) is 4.52. The van der Waals surface area contributed by atoms with E-state index < -0.39 is 10.0 Å². The fraction of sp³-hybridized carbons (Fsp3) is 0.533. The van der Waals surface area contributed by atoms with Crippen molar-refractivity contribution in [2.75, 3.05) is 26.0 Å². The number of carbonyl (C=O) groups is 1. The van der Waals surface area contributed by atoms with Gasteiger partial charge in [-0.2, -0.15) is 0 Å². The van der Waals surface area contributed by atoms with Crippen molar-refractivity contribution in [2.24, 2.45) is 5.92 Å². The first-order valence-corrected chi connectivity index (χ1v) is 8.91. The molecule has 0 spiro atoms. The lowest BCUT2D eigenvalue weighted by molar-refractivity contribution is 0.0963. The van der Waals surface area contributed by atoms with Crippen molar-refractivity contribution < 1.29 is 13.2 Å². The highest BCUT2D eigenvalue weighted by Crippen LogP contribution is 2.21. The molecule has 1 rings (SSSR count). The highest BCUT2D eigenvalue weighted by Gasteiger charge is 2.17. The van der Waals surface area contributed by atoms with E-state index in [0.717, 1.165) is 19.4 Å². The van der Waals surface area contributed by atoms with Crippen LogP contribution in [0, 0.1) is 5.92 Å². The quantitative estimate of drug-likeness (QED) is 0.679. The summed E-state index contributed by atoms with van der Waals surface area (Å²) >= 11 is 0. The molecule has 0 radical (unpaired) electrons. The number of sulfonamides is 1. The second-order valence-electron chi connectivity index (χ2n) is 5.06. The monoisotopic (exact) mass is 327 g/mol. The molecule has 0 fully saturated rings. The number of carbonyl (C=O) groups excluding carboxylic acids is 1. The molecule has 124 valence electrons. The van der Waals surface area contributed by atoms with Gasteiger partial charge in [-0.05, 0) is 31.2 Å². The second-order valence-corrected chi connectivity index (χ2v) is 6.94. The molecule has 0 heterocycles. The molecule has 0 unspecified atom stereocenters. The van der Waals surface area contributed by atoms with Crippen LogP contribution in [0.2, 0.25) is 0 Å². The van der Waals surface area contributed by atoms with Crippen LogP contribution in [0.25, 0.3) is 0 Å². The van der Waals surface area contributed by atoms with Gasteiger partial charge in [-0.15, -0.1) is 0 Å². The summed E-state index contributed by atoms with van der Waals surface area (Å²) < 4.78 is 26.0. The molecule has 6 nitrogen and oxygen atoms in total. The van der Waals surface area contributed by atoms with E-state index in [1.165, 1.54) is 26.2 Å². The first kappa shape index (κ1) is 18.4. The van der Waals surface area contributed by atoms with Crippen LogP contribution < -0.4 is 15.4 Å². The van der Waals surface area contributed by atoms with E-state index in [1.54, 1.807) is 6.07 Å². The van der Waals surface area contributed by atoms with Crippen LogP contribution in [0.3, 0.4) is 0 Å². The summed E-state index contributed by atoms with van der Waals surface area (Å²) in [7, 11) is -0.716. The Morgan fingerprint density at radius 2 is 1.82 bits per heavy atom. The van der Waals surface area contributed by atoms with Crippen LogP contribution in [0.1, 0.15) is 37.0 Å². The Morgan fingerprint density at radius 1 is 1.18 bits per heavy atom. The maximum absolute atomic E-state index is 12.0. The van der Waals surface area contributed by atoms with Crippen LogP contribution in [-0.2, 0) is 10.0 Å². The minimum absolute atomic E-state index is 0.0710. The molecule has 0 saturated carbocycles. The first-order valence-electron chi connectivity index (χ1n) is 7.43. The predicted molar refractivity (Wildman–Crippen MR) is 88.6 cm³/mol. The van der Waals surface area contributed by atoms with Gasteiger partial charge in [-0.1, -0.05) is 26.7 Å². The van der Waals surface area contributed by atoms with Crippen LogP contribution in [0.5, 0.6) is 0 Å². The van der Waals surface area contributed by atoms with E-state index in [2.05, 4.69) is 29.2 Å². The third-order valence-electron chi connectivity index (χ3n) is 3.78. The van der Waals surface area contributed by atoms with Crippen molar-refractivity contribution in [3.63, 3.8) is 0 Å². The molecule has 3 N–H and O–H groups in total. The summed E-state index contributed by atoms with van der Waals surface area (Å²) in [6.07, 6.45) is 2.09. The zero-order chi connectivity index (χ0) is 16.8. The van der Waals surface area contributed by atoms with Crippen molar-refractivity contribution in [2.45, 2.75) is 31.6 Å². The predicted octanol–water partition coefficient (Wildman–Crippen LogP) is 1.80. The van der Waals surface area contributed by atoms with E-state index in [9.17, 15) is 13.2 Å². The van der Waals surface area contributed by atoms with Crippen molar-refractivity contribution in [1.82, 2.24) is 10.0 Å². The van der Waals surface area contributed by atoms with Gasteiger partial charge in [0.25, 0.3) is 5.91 Å². The zero-order valence-electron chi connectivity index (χ0n) is 13.6. The lowest BCUT2D eigenvalue weighted by Crippen LogP contribution is -2.23. The normalized spacial score (nSPS) is 11.5. The number of hydrogen-bond acceptors (Lipinski definition) is 4. The van der Waals surface area contributed by atoms with Gasteiger partial charge in [0.15, 0.2) is 0 Å².